The van der Waals surface area contributed by atoms with E-state index in [0.29, 0.717) is 6.61 Å². The Morgan fingerprint density at radius 1 is 1.27 bits per heavy atom. The number of likely N-dealkylation sites (tertiary alicyclic amines) is 1. The van der Waals surface area contributed by atoms with Crippen molar-refractivity contribution < 1.29 is 9.53 Å². The number of rotatable bonds is 4. The van der Waals surface area contributed by atoms with E-state index in [1.807, 2.05) is 23.2 Å². The third kappa shape index (κ3) is 2.92. The van der Waals surface area contributed by atoms with Crippen molar-refractivity contribution in [2.45, 2.75) is 25.8 Å². The maximum Gasteiger partial charge on any atom is 0.256 e. The van der Waals surface area contributed by atoms with E-state index in [0.717, 1.165) is 53.4 Å². The summed E-state index contributed by atoms with van der Waals surface area (Å²) in [4.78, 5) is 14.9. The highest BCUT2D eigenvalue weighted by Gasteiger charge is 2.23. The second kappa shape index (κ2) is 6.84. The van der Waals surface area contributed by atoms with Gasteiger partial charge in [-0.05, 0) is 31.4 Å². The van der Waals surface area contributed by atoms with E-state index in [2.05, 4.69) is 26.6 Å². The number of hydrogen-bond acceptors (Lipinski definition) is 2. The average molecular weight is 365 g/mol. The summed E-state index contributed by atoms with van der Waals surface area (Å²) in [5.41, 5.74) is 1.87. The Morgan fingerprint density at radius 3 is 2.77 bits per heavy atom. The van der Waals surface area contributed by atoms with Crippen LogP contribution in [-0.2, 0) is 11.3 Å². The van der Waals surface area contributed by atoms with Crippen molar-refractivity contribution in [3.05, 3.63) is 34.4 Å². The van der Waals surface area contributed by atoms with Crippen molar-refractivity contribution in [3.63, 3.8) is 0 Å². The minimum absolute atomic E-state index is 0.146. The SMILES string of the molecule is COCCn1cc(C(=O)N2CCCCC2)c2c(Br)cccc21. The maximum absolute atomic E-state index is 12.9. The number of methoxy groups -OCH3 is 1. The van der Waals surface area contributed by atoms with E-state index >= 15 is 0 Å². The molecule has 1 saturated heterocycles. The van der Waals surface area contributed by atoms with Crippen LogP contribution in [0.4, 0.5) is 0 Å². The third-order valence-corrected chi connectivity index (χ3v) is 4.93. The van der Waals surface area contributed by atoms with Gasteiger partial charge >= 0.3 is 0 Å². The number of carbonyl (C=O) groups is 1. The first-order valence-electron chi connectivity index (χ1n) is 7.78. The molecule has 1 aliphatic heterocycles. The monoisotopic (exact) mass is 364 g/mol. The number of ether oxygens (including phenoxy) is 1. The molecule has 0 radical (unpaired) electrons. The van der Waals surface area contributed by atoms with Crippen LogP contribution >= 0.6 is 15.9 Å². The van der Waals surface area contributed by atoms with Crippen LogP contribution in [0.3, 0.4) is 0 Å². The second-order valence-electron chi connectivity index (χ2n) is 5.72. The minimum atomic E-state index is 0.146. The largest absolute Gasteiger partial charge is 0.383 e. The quantitative estimate of drug-likeness (QED) is 0.829. The number of fused-ring (bicyclic) bond motifs is 1. The molecule has 0 N–H and O–H groups in total. The number of carbonyl (C=O) groups excluding carboxylic acids is 1. The minimum Gasteiger partial charge on any atom is -0.383 e. The lowest BCUT2D eigenvalue weighted by molar-refractivity contribution is 0.0726. The lowest BCUT2D eigenvalue weighted by Gasteiger charge is -2.26. The molecule has 0 aliphatic carbocycles. The van der Waals surface area contributed by atoms with Crippen LogP contribution in [-0.4, -0.2) is 42.2 Å². The Morgan fingerprint density at radius 2 is 2.05 bits per heavy atom. The molecule has 0 spiro atoms. The number of aromatic nitrogens is 1. The zero-order chi connectivity index (χ0) is 15.5. The first kappa shape index (κ1) is 15.6. The Kier molecular flexibility index (Phi) is 4.84. The fourth-order valence-electron chi connectivity index (χ4n) is 3.11. The van der Waals surface area contributed by atoms with Crippen LogP contribution in [0.15, 0.2) is 28.9 Å². The Balaban J connectivity index is 2.02. The molecule has 3 rings (SSSR count). The van der Waals surface area contributed by atoms with Crippen molar-refractivity contribution in [1.29, 1.82) is 0 Å². The summed E-state index contributed by atoms with van der Waals surface area (Å²) in [5, 5.41) is 1.01. The molecule has 0 bridgehead atoms. The highest BCUT2D eigenvalue weighted by Crippen LogP contribution is 2.30. The standard InChI is InChI=1S/C17H21BrN2O2/c1-22-11-10-20-12-13(16-14(18)6-5-7-15(16)20)17(21)19-8-3-2-4-9-19/h5-7,12H,2-4,8-11H2,1H3. The van der Waals surface area contributed by atoms with E-state index in [4.69, 9.17) is 4.74 Å². The van der Waals surface area contributed by atoms with Gasteiger partial charge in [-0.3, -0.25) is 4.79 Å². The zero-order valence-electron chi connectivity index (χ0n) is 12.8. The van der Waals surface area contributed by atoms with E-state index in [1.54, 1.807) is 7.11 Å². The molecule has 4 nitrogen and oxygen atoms in total. The first-order chi connectivity index (χ1) is 10.7. The Labute approximate surface area is 139 Å². The van der Waals surface area contributed by atoms with Crippen LogP contribution in [0, 0.1) is 0 Å². The number of hydrogen-bond donors (Lipinski definition) is 0. The summed E-state index contributed by atoms with van der Waals surface area (Å²) in [7, 11) is 1.70. The summed E-state index contributed by atoms with van der Waals surface area (Å²) in [5.74, 6) is 0.146. The fourth-order valence-corrected chi connectivity index (χ4v) is 3.68. The molecule has 118 valence electrons. The highest BCUT2D eigenvalue weighted by molar-refractivity contribution is 9.10. The molecular formula is C17H21BrN2O2. The molecular weight excluding hydrogens is 344 g/mol. The number of piperidine rings is 1. The van der Waals surface area contributed by atoms with Crippen LogP contribution in [0.5, 0.6) is 0 Å². The number of amides is 1. The van der Waals surface area contributed by atoms with Crippen LogP contribution in [0.1, 0.15) is 29.6 Å². The van der Waals surface area contributed by atoms with Crippen LogP contribution in [0.2, 0.25) is 0 Å². The lowest BCUT2D eigenvalue weighted by Crippen LogP contribution is -2.35. The molecule has 1 aromatic heterocycles. The van der Waals surface area contributed by atoms with Gasteiger partial charge in [0.25, 0.3) is 5.91 Å². The van der Waals surface area contributed by atoms with Gasteiger partial charge in [0, 0.05) is 42.8 Å². The predicted octanol–water partition coefficient (Wildman–Crippen LogP) is 3.68. The summed E-state index contributed by atoms with van der Waals surface area (Å²) >= 11 is 3.61. The molecule has 5 heteroatoms. The van der Waals surface area contributed by atoms with E-state index < -0.39 is 0 Å². The van der Waals surface area contributed by atoms with Gasteiger partial charge in [-0.1, -0.05) is 22.0 Å². The normalized spacial score (nSPS) is 15.5. The average Bonchev–Trinajstić information content (AvgIpc) is 2.93. The number of halogens is 1. The third-order valence-electron chi connectivity index (χ3n) is 4.27. The molecule has 22 heavy (non-hydrogen) atoms. The number of benzene rings is 1. The molecule has 2 aromatic rings. The molecule has 0 atom stereocenters. The molecule has 2 heterocycles. The van der Waals surface area contributed by atoms with Crippen molar-refractivity contribution >= 4 is 32.7 Å². The molecule has 1 aromatic carbocycles. The van der Waals surface area contributed by atoms with Gasteiger partial charge < -0.3 is 14.2 Å². The second-order valence-corrected chi connectivity index (χ2v) is 6.57. The highest BCUT2D eigenvalue weighted by atomic mass is 79.9. The topological polar surface area (TPSA) is 34.5 Å². The van der Waals surface area contributed by atoms with Crippen molar-refractivity contribution in [1.82, 2.24) is 9.47 Å². The van der Waals surface area contributed by atoms with Gasteiger partial charge in [0.15, 0.2) is 0 Å². The fraction of sp³-hybridized carbons (Fsp3) is 0.471. The summed E-state index contributed by atoms with van der Waals surface area (Å²) in [6.45, 7) is 3.12. The molecule has 1 amide bonds. The first-order valence-corrected chi connectivity index (χ1v) is 8.57. The van der Waals surface area contributed by atoms with Gasteiger partial charge in [-0.25, -0.2) is 0 Å². The Hall–Kier alpha value is -1.33. The smallest absolute Gasteiger partial charge is 0.256 e. The maximum atomic E-state index is 12.9. The molecule has 1 aliphatic rings. The van der Waals surface area contributed by atoms with Gasteiger partial charge in [0.05, 0.1) is 17.7 Å². The van der Waals surface area contributed by atoms with Crippen LogP contribution in [0.25, 0.3) is 10.9 Å². The predicted molar refractivity (Wildman–Crippen MR) is 91.3 cm³/mol. The zero-order valence-corrected chi connectivity index (χ0v) is 14.4. The Bertz CT molecular complexity index is 675. The molecule has 0 saturated carbocycles. The van der Waals surface area contributed by atoms with E-state index in [9.17, 15) is 4.79 Å². The summed E-state index contributed by atoms with van der Waals surface area (Å²) in [6, 6.07) is 6.06. The van der Waals surface area contributed by atoms with Crippen molar-refractivity contribution in [2.24, 2.45) is 0 Å². The number of nitrogens with zero attached hydrogens (tertiary/aromatic N) is 2. The van der Waals surface area contributed by atoms with Gasteiger partial charge in [-0.15, -0.1) is 0 Å². The van der Waals surface area contributed by atoms with Crippen molar-refractivity contribution in [2.75, 3.05) is 26.8 Å². The van der Waals surface area contributed by atoms with Crippen LogP contribution < -0.4 is 0 Å². The van der Waals surface area contributed by atoms with Crippen molar-refractivity contribution in [3.8, 4) is 0 Å². The molecule has 0 unspecified atom stereocenters. The lowest BCUT2D eigenvalue weighted by atomic mass is 10.1. The van der Waals surface area contributed by atoms with Gasteiger partial charge in [-0.2, -0.15) is 0 Å². The van der Waals surface area contributed by atoms with Gasteiger partial charge in [0.1, 0.15) is 0 Å². The van der Waals surface area contributed by atoms with E-state index in [-0.39, 0.29) is 5.91 Å². The van der Waals surface area contributed by atoms with E-state index in [1.165, 1.54) is 6.42 Å². The summed E-state index contributed by atoms with van der Waals surface area (Å²) in [6.07, 6.45) is 5.42. The summed E-state index contributed by atoms with van der Waals surface area (Å²) < 4.78 is 8.27. The van der Waals surface area contributed by atoms with Gasteiger partial charge in [0.2, 0.25) is 0 Å². The molecule has 1 fully saturated rings.